The van der Waals surface area contributed by atoms with E-state index in [0.29, 0.717) is 6.54 Å². The van der Waals surface area contributed by atoms with Crippen LogP contribution in [0, 0.1) is 0 Å². The summed E-state index contributed by atoms with van der Waals surface area (Å²) in [6, 6.07) is 10.2. The van der Waals surface area contributed by atoms with Gasteiger partial charge in [0.25, 0.3) is 5.91 Å². The predicted molar refractivity (Wildman–Crippen MR) is 90.4 cm³/mol. The van der Waals surface area contributed by atoms with Crippen molar-refractivity contribution in [1.82, 2.24) is 10.3 Å². The summed E-state index contributed by atoms with van der Waals surface area (Å²) in [5, 5.41) is 6.25. The molecule has 1 aliphatic carbocycles. The first-order valence-corrected chi connectivity index (χ1v) is 8.63. The lowest BCUT2D eigenvalue weighted by Crippen LogP contribution is -2.21. The van der Waals surface area contributed by atoms with E-state index in [4.69, 9.17) is 0 Å². The standard InChI is InChI=1S/C18H18N2OS/c21-18(17-6-3-9-22-17)19-11-12-7-8-16-14(10-12)13-4-1-2-5-15(13)20-16/h3,6-10,20H,1-2,4-5,11H2,(H,19,21). The van der Waals surface area contributed by atoms with Gasteiger partial charge in [-0.1, -0.05) is 12.1 Å². The predicted octanol–water partition coefficient (Wildman–Crippen LogP) is 4.04. The van der Waals surface area contributed by atoms with Crippen molar-refractivity contribution >= 4 is 28.1 Å². The summed E-state index contributed by atoms with van der Waals surface area (Å²) in [4.78, 5) is 16.3. The zero-order valence-electron chi connectivity index (χ0n) is 12.3. The van der Waals surface area contributed by atoms with Gasteiger partial charge in [-0.15, -0.1) is 11.3 Å². The fourth-order valence-electron chi connectivity index (χ4n) is 3.24. The fourth-order valence-corrected chi connectivity index (χ4v) is 3.88. The summed E-state index contributed by atoms with van der Waals surface area (Å²) in [7, 11) is 0. The number of thiophene rings is 1. The van der Waals surface area contributed by atoms with Gasteiger partial charge >= 0.3 is 0 Å². The van der Waals surface area contributed by atoms with Crippen LogP contribution in [-0.2, 0) is 19.4 Å². The first kappa shape index (κ1) is 13.6. The smallest absolute Gasteiger partial charge is 0.261 e. The van der Waals surface area contributed by atoms with E-state index < -0.39 is 0 Å². The molecule has 3 aromatic rings. The maximum absolute atomic E-state index is 12.0. The molecule has 1 aromatic carbocycles. The van der Waals surface area contributed by atoms with Crippen LogP contribution in [0.3, 0.4) is 0 Å². The number of aryl methyl sites for hydroxylation is 2. The van der Waals surface area contributed by atoms with Crippen molar-refractivity contribution in [2.24, 2.45) is 0 Å². The molecule has 0 atom stereocenters. The van der Waals surface area contributed by atoms with Crippen LogP contribution in [0.25, 0.3) is 10.9 Å². The molecule has 0 saturated heterocycles. The number of amides is 1. The first-order chi connectivity index (χ1) is 10.8. The topological polar surface area (TPSA) is 44.9 Å². The highest BCUT2D eigenvalue weighted by molar-refractivity contribution is 7.12. The number of aromatic amines is 1. The van der Waals surface area contributed by atoms with Crippen molar-refractivity contribution in [1.29, 1.82) is 0 Å². The number of fused-ring (bicyclic) bond motifs is 3. The van der Waals surface area contributed by atoms with Crippen LogP contribution in [0.15, 0.2) is 35.7 Å². The number of rotatable bonds is 3. The van der Waals surface area contributed by atoms with Crippen molar-refractivity contribution in [3.63, 3.8) is 0 Å². The Kier molecular flexibility index (Phi) is 3.47. The van der Waals surface area contributed by atoms with E-state index in [2.05, 4.69) is 28.5 Å². The van der Waals surface area contributed by atoms with E-state index in [1.54, 1.807) is 0 Å². The minimum Gasteiger partial charge on any atom is -0.358 e. The fraction of sp³-hybridized carbons (Fsp3) is 0.278. The number of benzene rings is 1. The molecule has 0 spiro atoms. The lowest BCUT2D eigenvalue weighted by Gasteiger charge is -2.10. The Labute approximate surface area is 133 Å². The van der Waals surface area contributed by atoms with Crippen LogP contribution in [0.1, 0.15) is 39.3 Å². The molecule has 0 unspecified atom stereocenters. The molecule has 0 radical (unpaired) electrons. The third kappa shape index (κ3) is 2.44. The number of hydrogen-bond donors (Lipinski definition) is 2. The van der Waals surface area contributed by atoms with Gasteiger partial charge in [-0.3, -0.25) is 4.79 Å². The molecule has 1 aliphatic rings. The van der Waals surface area contributed by atoms with Gasteiger partial charge < -0.3 is 10.3 Å². The maximum Gasteiger partial charge on any atom is 0.261 e. The maximum atomic E-state index is 12.0. The Morgan fingerprint density at radius 2 is 2.14 bits per heavy atom. The molecule has 1 amide bonds. The molecule has 2 N–H and O–H groups in total. The minimum atomic E-state index is 0.00574. The third-order valence-electron chi connectivity index (χ3n) is 4.36. The van der Waals surface area contributed by atoms with Gasteiger partial charge in [-0.2, -0.15) is 0 Å². The van der Waals surface area contributed by atoms with Crippen LogP contribution < -0.4 is 5.32 Å². The Morgan fingerprint density at radius 1 is 1.23 bits per heavy atom. The summed E-state index contributed by atoms with van der Waals surface area (Å²) in [5.41, 5.74) is 5.26. The molecule has 0 bridgehead atoms. The van der Waals surface area contributed by atoms with Crippen LogP contribution in [0.2, 0.25) is 0 Å². The summed E-state index contributed by atoms with van der Waals surface area (Å²) < 4.78 is 0. The number of carbonyl (C=O) groups is 1. The highest BCUT2D eigenvalue weighted by atomic mass is 32.1. The Hall–Kier alpha value is -2.07. The second kappa shape index (κ2) is 5.61. The molecule has 4 heteroatoms. The van der Waals surface area contributed by atoms with Gasteiger partial charge in [0.2, 0.25) is 0 Å². The lowest BCUT2D eigenvalue weighted by atomic mass is 9.95. The minimum absolute atomic E-state index is 0.00574. The van der Waals surface area contributed by atoms with E-state index in [0.717, 1.165) is 16.9 Å². The average molecular weight is 310 g/mol. The van der Waals surface area contributed by atoms with Crippen LogP contribution >= 0.6 is 11.3 Å². The highest BCUT2D eigenvalue weighted by Crippen LogP contribution is 2.29. The normalized spacial score (nSPS) is 14.0. The number of hydrogen-bond acceptors (Lipinski definition) is 2. The van der Waals surface area contributed by atoms with Gasteiger partial charge in [0.15, 0.2) is 0 Å². The largest absolute Gasteiger partial charge is 0.358 e. The molecule has 22 heavy (non-hydrogen) atoms. The van der Waals surface area contributed by atoms with E-state index in [1.807, 2.05) is 17.5 Å². The van der Waals surface area contributed by atoms with Gasteiger partial charge in [0, 0.05) is 23.1 Å². The molecule has 112 valence electrons. The molecule has 2 heterocycles. The van der Waals surface area contributed by atoms with Crippen LogP contribution in [0.5, 0.6) is 0 Å². The van der Waals surface area contributed by atoms with E-state index >= 15 is 0 Å². The first-order valence-electron chi connectivity index (χ1n) is 7.75. The zero-order valence-corrected chi connectivity index (χ0v) is 13.1. The molecule has 0 fully saturated rings. The van der Waals surface area contributed by atoms with Crippen LogP contribution in [0.4, 0.5) is 0 Å². The van der Waals surface area contributed by atoms with Gasteiger partial charge in [0.1, 0.15) is 0 Å². The zero-order chi connectivity index (χ0) is 14.9. The van der Waals surface area contributed by atoms with Crippen LogP contribution in [-0.4, -0.2) is 10.9 Å². The van der Waals surface area contributed by atoms with E-state index in [1.165, 1.54) is 52.8 Å². The van der Waals surface area contributed by atoms with Crippen molar-refractivity contribution in [2.75, 3.05) is 0 Å². The number of nitrogens with one attached hydrogen (secondary N) is 2. The summed E-state index contributed by atoms with van der Waals surface area (Å²) in [6.45, 7) is 0.576. The second-order valence-electron chi connectivity index (χ2n) is 5.83. The second-order valence-corrected chi connectivity index (χ2v) is 6.78. The van der Waals surface area contributed by atoms with Crippen molar-refractivity contribution in [2.45, 2.75) is 32.2 Å². The summed E-state index contributed by atoms with van der Waals surface area (Å²) >= 11 is 1.47. The van der Waals surface area contributed by atoms with Gasteiger partial charge in [-0.05, 0) is 60.4 Å². The van der Waals surface area contributed by atoms with Crippen molar-refractivity contribution in [3.05, 3.63) is 57.4 Å². The quantitative estimate of drug-likeness (QED) is 0.753. The Morgan fingerprint density at radius 3 is 3.00 bits per heavy atom. The molecule has 0 aliphatic heterocycles. The number of aromatic nitrogens is 1. The molecular formula is C18H18N2OS. The molecule has 3 nitrogen and oxygen atoms in total. The highest BCUT2D eigenvalue weighted by Gasteiger charge is 2.15. The monoisotopic (exact) mass is 310 g/mol. The molecular weight excluding hydrogens is 292 g/mol. The van der Waals surface area contributed by atoms with Gasteiger partial charge in [-0.25, -0.2) is 0 Å². The number of carbonyl (C=O) groups excluding carboxylic acids is 1. The molecule has 0 saturated carbocycles. The number of H-pyrrole nitrogens is 1. The molecule has 4 rings (SSSR count). The Bertz CT molecular complexity index is 817. The Balaban J connectivity index is 1.56. The van der Waals surface area contributed by atoms with E-state index in [9.17, 15) is 4.79 Å². The SMILES string of the molecule is O=C(NCc1ccc2[nH]c3c(c2c1)CCCC3)c1cccs1. The average Bonchev–Trinajstić information content (AvgIpc) is 3.20. The van der Waals surface area contributed by atoms with Crippen molar-refractivity contribution in [3.8, 4) is 0 Å². The third-order valence-corrected chi connectivity index (χ3v) is 5.23. The summed E-state index contributed by atoms with van der Waals surface area (Å²) in [6.07, 6.45) is 4.89. The summed E-state index contributed by atoms with van der Waals surface area (Å²) in [5.74, 6) is 0.00574. The molecule has 2 aromatic heterocycles. The lowest BCUT2D eigenvalue weighted by molar-refractivity contribution is 0.0955. The van der Waals surface area contributed by atoms with E-state index in [-0.39, 0.29) is 5.91 Å². The van der Waals surface area contributed by atoms with Crippen molar-refractivity contribution < 1.29 is 4.79 Å². The van der Waals surface area contributed by atoms with Gasteiger partial charge in [0.05, 0.1) is 4.88 Å².